The third kappa shape index (κ3) is 3.05. The second-order valence-electron chi connectivity index (χ2n) is 3.37. The maximum Gasteiger partial charge on any atom is 0.0606 e. The Balaban J connectivity index is 2.56. The smallest absolute Gasteiger partial charge is 0.0606 e. The molecule has 0 bridgehead atoms. The molecular formula is C11H18N2. The number of pyridine rings is 1. The van der Waals surface area contributed by atoms with Gasteiger partial charge < -0.3 is 5.32 Å². The number of anilines is 1. The van der Waals surface area contributed by atoms with Crippen LogP contribution in [0.4, 0.5) is 5.69 Å². The van der Waals surface area contributed by atoms with Gasteiger partial charge in [-0.25, -0.2) is 0 Å². The second-order valence-corrected chi connectivity index (χ2v) is 3.37. The fourth-order valence-electron chi connectivity index (χ4n) is 1.27. The minimum Gasteiger partial charge on any atom is -0.384 e. The molecule has 0 amide bonds. The zero-order valence-corrected chi connectivity index (χ0v) is 8.72. The van der Waals surface area contributed by atoms with Crippen molar-refractivity contribution in [2.45, 2.75) is 33.6 Å². The Kier molecular flexibility index (Phi) is 3.74. The van der Waals surface area contributed by atoms with E-state index in [1.54, 1.807) is 0 Å². The zero-order chi connectivity index (χ0) is 9.68. The molecule has 0 aliphatic rings. The van der Waals surface area contributed by atoms with E-state index >= 15 is 0 Å². The van der Waals surface area contributed by atoms with Gasteiger partial charge in [0.1, 0.15) is 0 Å². The summed E-state index contributed by atoms with van der Waals surface area (Å²) in [4.78, 5) is 4.39. The van der Waals surface area contributed by atoms with Gasteiger partial charge in [-0.15, -0.1) is 0 Å². The van der Waals surface area contributed by atoms with Gasteiger partial charge in [0.25, 0.3) is 0 Å². The standard InChI is InChI=1S/C11H18N2/c1-4-5-8-12-11-7-6-9(2)13-10(11)3/h6-7,12H,4-5,8H2,1-3H3. The average molecular weight is 178 g/mol. The summed E-state index contributed by atoms with van der Waals surface area (Å²) < 4.78 is 0. The summed E-state index contributed by atoms with van der Waals surface area (Å²) in [5.41, 5.74) is 3.34. The lowest BCUT2D eigenvalue weighted by atomic mass is 10.2. The monoisotopic (exact) mass is 178 g/mol. The summed E-state index contributed by atoms with van der Waals surface area (Å²) in [5.74, 6) is 0. The van der Waals surface area contributed by atoms with Crippen molar-refractivity contribution in [1.82, 2.24) is 4.98 Å². The Labute approximate surface area is 80.4 Å². The van der Waals surface area contributed by atoms with Crippen LogP contribution < -0.4 is 5.32 Å². The second kappa shape index (κ2) is 4.85. The molecule has 13 heavy (non-hydrogen) atoms. The summed E-state index contributed by atoms with van der Waals surface area (Å²) in [6, 6.07) is 4.15. The minimum atomic E-state index is 1.04. The minimum absolute atomic E-state index is 1.04. The van der Waals surface area contributed by atoms with E-state index in [4.69, 9.17) is 0 Å². The van der Waals surface area contributed by atoms with Crippen molar-refractivity contribution in [3.8, 4) is 0 Å². The van der Waals surface area contributed by atoms with E-state index in [2.05, 4.69) is 23.3 Å². The lowest BCUT2D eigenvalue weighted by Crippen LogP contribution is -2.03. The molecule has 0 unspecified atom stereocenters. The van der Waals surface area contributed by atoms with Crippen molar-refractivity contribution in [1.29, 1.82) is 0 Å². The molecule has 0 saturated heterocycles. The van der Waals surface area contributed by atoms with Gasteiger partial charge in [-0.1, -0.05) is 13.3 Å². The van der Waals surface area contributed by atoms with Gasteiger partial charge in [-0.05, 0) is 32.4 Å². The van der Waals surface area contributed by atoms with E-state index in [1.165, 1.54) is 18.5 Å². The van der Waals surface area contributed by atoms with Crippen molar-refractivity contribution in [3.05, 3.63) is 23.5 Å². The third-order valence-electron chi connectivity index (χ3n) is 2.07. The van der Waals surface area contributed by atoms with Crippen molar-refractivity contribution in [2.75, 3.05) is 11.9 Å². The molecule has 2 heteroatoms. The number of unbranched alkanes of at least 4 members (excludes halogenated alkanes) is 1. The molecule has 1 N–H and O–H groups in total. The van der Waals surface area contributed by atoms with E-state index in [-0.39, 0.29) is 0 Å². The molecule has 0 spiro atoms. The molecule has 0 atom stereocenters. The lowest BCUT2D eigenvalue weighted by molar-refractivity contribution is 0.832. The highest BCUT2D eigenvalue weighted by atomic mass is 14.9. The molecule has 0 radical (unpaired) electrons. The van der Waals surface area contributed by atoms with Crippen molar-refractivity contribution in [2.24, 2.45) is 0 Å². The van der Waals surface area contributed by atoms with Gasteiger partial charge in [0.15, 0.2) is 0 Å². The predicted molar refractivity (Wildman–Crippen MR) is 57.1 cm³/mol. The fourth-order valence-corrected chi connectivity index (χ4v) is 1.27. The van der Waals surface area contributed by atoms with Gasteiger partial charge in [-0.3, -0.25) is 4.98 Å². The highest BCUT2D eigenvalue weighted by Gasteiger charge is 1.97. The van der Waals surface area contributed by atoms with Crippen molar-refractivity contribution in [3.63, 3.8) is 0 Å². The molecule has 1 rings (SSSR count). The number of nitrogens with one attached hydrogen (secondary N) is 1. The molecule has 0 aliphatic carbocycles. The first-order chi connectivity index (χ1) is 6.24. The Morgan fingerprint density at radius 1 is 1.31 bits per heavy atom. The Bertz CT molecular complexity index is 269. The maximum atomic E-state index is 4.39. The van der Waals surface area contributed by atoms with Crippen LogP contribution in [0.15, 0.2) is 12.1 Å². The molecule has 1 aromatic heterocycles. The number of hydrogen-bond acceptors (Lipinski definition) is 2. The first kappa shape index (κ1) is 10.0. The Morgan fingerprint density at radius 2 is 2.08 bits per heavy atom. The van der Waals surface area contributed by atoms with Crippen molar-refractivity contribution < 1.29 is 0 Å². The van der Waals surface area contributed by atoms with Crippen LogP contribution in [0, 0.1) is 13.8 Å². The molecule has 0 aromatic carbocycles. The topological polar surface area (TPSA) is 24.9 Å². The summed E-state index contributed by atoms with van der Waals surface area (Å²) in [7, 11) is 0. The predicted octanol–water partition coefficient (Wildman–Crippen LogP) is 2.91. The molecule has 72 valence electrons. The summed E-state index contributed by atoms with van der Waals surface area (Å²) in [6.45, 7) is 7.30. The van der Waals surface area contributed by atoms with Gasteiger partial charge in [-0.2, -0.15) is 0 Å². The van der Waals surface area contributed by atoms with Crippen LogP contribution in [-0.2, 0) is 0 Å². The number of hydrogen-bond donors (Lipinski definition) is 1. The molecule has 0 saturated carbocycles. The molecule has 1 aromatic rings. The fraction of sp³-hybridized carbons (Fsp3) is 0.545. The Morgan fingerprint density at radius 3 is 2.69 bits per heavy atom. The number of nitrogens with zero attached hydrogens (tertiary/aromatic N) is 1. The van der Waals surface area contributed by atoms with Gasteiger partial charge in [0.05, 0.1) is 11.4 Å². The highest BCUT2D eigenvalue weighted by Crippen LogP contribution is 2.12. The van der Waals surface area contributed by atoms with Crippen LogP contribution in [-0.4, -0.2) is 11.5 Å². The van der Waals surface area contributed by atoms with Crippen molar-refractivity contribution >= 4 is 5.69 Å². The maximum absolute atomic E-state index is 4.39. The summed E-state index contributed by atoms with van der Waals surface area (Å²) in [5, 5.41) is 3.38. The largest absolute Gasteiger partial charge is 0.384 e. The van der Waals surface area contributed by atoms with Crippen LogP contribution >= 0.6 is 0 Å². The summed E-state index contributed by atoms with van der Waals surface area (Å²) >= 11 is 0. The summed E-state index contributed by atoms with van der Waals surface area (Å²) in [6.07, 6.45) is 2.44. The molecule has 2 nitrogen and oxygen atoms in total. The first-order valence-corrected chi connectivity index (χ1v) is 4.92. The average Bonchev–Trinajstić information content (AvgIpc) is 2.09. The van der Waals surface area contributed by atoms with Crippen LogP contribution in [0.3, 0.4) is 0 Å². The lowest BCUT2D eigenvalue weighted by Gasteiger charge is -2.08. The van der Waals surface area contributed by atoms with Crippen LogP contribution in [0.2, 0.25) is 0 Å². The van der Waals surface area contributed by atoms with E-state index in [0.717, 1.165) is 17.9 Å². The zero-order valence-electron chi connectivity index (χ0n) is 8.72. The van der Waals surface area contributed by atoms with E-state index < -0.39 is 0 Å². The third-order valence-corrected chi connectivity index (χ3v) is 2.07. The number of aromatic nitrogens is 1. The van der Waals surface area contributed by atoms with Crippen LogP contribution in [0.5, 0.6) is 0 Å². The Hall–Kier alpha value is -1.05. The van der Waals surface area contributed by atoms with Crippen LogP contribution in [0.25, 0.3) is 0 Å². The van der Waals surface area contributed by atoms with Gasteiger partial charge >= 0.3 is 0 Å². The SMILES string of the molecule is CCCCNc1ccc(C)nc1C. The van der Waals surface area contributed by atoms with E-state index in [9.17, 15) is 0 Å². The highest BCUT2D eigenvalue weighted by molar-refractivity contribution is 5.47. The first-order valence-electron chi connectivity index (χ1n) is 4.92. The van der Waals surface area contributed by atoms with E-state index in [1.807, 2.05) is 19.9 Å². The van der Waals surface area contributed by atoms with Gasteiger partial charge in [0, 0.05) is 12.2 Å². The molecule has 0 aliphatic heterocycles. The van der Waals surface area contributed by atoms with Gasteiger partial charge in [0.2, 0.25) is 0 Å². The number of rotatable bonds is 4. The molecular weight excluding hydrogens is 160 g/mol. The van der Waals surface area contributed by atoms with Crippen LogP contribution in [0.1, 0.15) is 31.2 Å². The van der Waals surface area contributed by atoms with E-state index in [0.29, 0.717) is 0 Å². The molecule has 1 heterocycles. The quantitative estimate of drug-likeness (QED) is 0.717. The number of aryl methyl sites for hydroxylation is 2. The molecule has 0 fully saturated rings. The normalized spacial score (nSPS) is 10.1.